The predicted molar refractivity (Wildman–Crippen MR) is 100 cm³/mol. The minimum Gasteiger partial charge on any atom is -0.356 e. The molecule has 2 aromatic carbocycles. The summed E-state index contributed by atoms with van der Waals surface area (Å²) in [5, 5.41) is 15.1. The number of nitro benzene ring substituents is 1. The van der Waals surface area contributed by atoms with Gasteiger partial charge >= 0.3 is 0 Å². The Morgan fingerprint density at radius 1 is 1.07 bits per heavy atom. The second-order valence-corrected chi connectivity index (χ2v) is 7.80. The van der Waals surface area contributed by atoms with Crippen molar-refractivity contribution >= 4 is 21.4 Å². The van der Waals surface area contributed by atoms with Crippen molar-refractivity contribution in [3.8, 4) is 11.3 Å². The van der Waals surface area contributed by atoms with Gasteiger partial charge in [-0.05, 0) is 38.0 Å². The van der Waals surface area contributed by atoms with Crippen LogP contribution in [0, 0.1) is 30.9 Å². The molecule has 1 aromatic heterocycles. The number of aromatic nitrogens is 1. The standard InChI is InChI=1S/C18H17N3O5S/c1-11-7-8-14(16-9-13(3)19-26-16)10-17(11)27(24,25)20-18-12(2)5-4-6-15(18)21(22)23/h4-10,20H,1-3H3. The molecule has 0 saturated heterocycles. The zero-order valence-corrected chi connectivity index (χ0v) is 15.7. The van der Waals surface area contributed by atoms with Crippen LogP contribution < -0.4 is 4.72 Å². The summed E-state index contributed by atoms with van der Waals surface area (Å²) in [5.74, 6) is 0.436. The van der Waals surface area contributed by atoms with E-state index in [0.717, 1.165) is 0 Å². The van der Waals surface area contributed by atoms with Crippen LogP contribution in [0.1, 0.15) is 16.8 Å². The summed E-state index contributed by atoms with van der Waals surface area (Å²) in [6.07, 6.45) is 0. The maximum absolute atomic E-state index is 13.0. The molecule has 0 fully saturated rings. The Balaban J connectivity index is 2.07. The molecule has 27 heavy (non-hydrogen) atoms. The lowest BCUT2D eigenvalue weighted by Crippen LogP contribution is -2.16. The highest BCUT2D eigenvalue weighted by atomic mass is 32.2. The molecular formula is C18H17N3O5S. The number of nitro groups is 1. The average molecular weight is 387 g/mol. The number of rotatable bonds is 5. The van der Waals surface area contributed by atoms with Crippen LogP contribution in [0.5, 0.6) is 0 Å². The highest BCUT2D eigenvalue weighted by Gasteiger charge is 2.24. The topological polar surface area (TPSA) is 115 Å². The van der Waals surface area contributed by atoms with E-state index in [9.17, 15) is 18.5 Å². The Morgan fingerprint density at radius 3 is 2.44 bits per heavy atom. The Kier molecular flexibility index (Phi) is 4.71. The zero-order chi connectivity index (χ0) is 19.8. The summed E-state index contributed by atoms with van der Waals surface area (Å²) < 4.78 is 33.5. The van der Waals surface area contributed by atoms with E-state index >= 15 is 0 Å². The van der Waals surface area contributed by atoms with E-state index in [-0.39, 0.29) is 16.3 Å². The third-order valence-corrected chi connectivity index (χ3v) is 5.57. The Labute approximate surface area is 156 Å². The first-order chi connectivity index (χ1) is 12.7. The third-order valence-electron chi connectivity index (χ3n) is 4.07. The predicted octanol–water partition coefficient (Wildman–Crippen LogP) is 3.98. The zero-order valence-electron chi connectivity index (χ0n) is 14.9. The molecule has 8 nitrogen and oxygen atoms in total. The highest BCUT2D eigenvalue weighted by Crippen LogP contribution is 2.32. The van der Waals surface area contributed by atoms with Crippen LogP contribution in [0.25, 0.3) is 11.3 Å². The van der Waals surface area contributed by atoms with E-state index in [1.165, 1.54) is 18.2 Å². The first-order valence-electron chi connectivity index (χ1n) is 8.00. The summed E-state index contributed by atoms with van der Waals surface area (Å²) in [6.45, 7) is 5.01. The number of hydrogen-bond donors (Lipinski definition) is 1. The van der Waals surface area contributed by atoms with Gasteiger partial charge in [0.05, 0.1) is 15.5 Å². The van der Waals surface area contributed by atoms with E-state index in [0.29, 0.717) is 28.1 Å². The van der Waals surface area contributed by atoms with Gasteiger partial charge in [0.25, 0.3) is 15.7 Å². The molecule has 3 rings (SSSR count). The number of anilines is 1. The van der Waals surface area contributed by atoms with Gasteiger partial charge in [-0.15, -0.1) is 0 Å². The van der Waals surface area contributed by atoms with Crippen molar-refractivity contribution in [2.45, 2.75) is 25.7 Å². The molecule has 140 valence electrons. The first-order valence-corrected chi connectivity index (χ1v) is 9.48. The summed E-state index contributed by atoms with van der Waals surface area (Å²) in [7, 11) is -4.06. The molecule has 0 aliphatic rings. The summed E-state index contributed by atoms with van der Waals surface area (Å²) >= 11 is 0. The van der Waals surface area contributed by atoms with Crippen LogP contribution in [0.15, 0.2) is 51.9 Å². The van der Waals surface area contributed by atoms with Crippen molar-refractivity contribution in [3.63, 3.8) is 0 Å². The summed E-state index contributed by atoms with van der Waals surface area (Å²) in [5.41, 5.74) is 1.80. The Bertz CT molecular complexity index is 1140. The number of nitrogens with zero attached hydrogens (tertiary/aromatic N) is 2. The lowest BCUT2D eigenvalue weighted by molar-refractivity contribution is -0.383. The van der Waals surface area contributed by atoms with Gasteiger partial charge in [0.2, 0.25) is 0 Å². The van der Waals surface area contributed by atoms with Crippen LogP contribution in [-0.2, 0) is 10.0 Å². The summed E-state index contributed by atoms with van der Waals surface area (Å²) in [4.78, 5) is 10.6. The second kappa shape index (κ2) is 6.84. The number of hydrogen-bond acceptors (Lipinski definition) is 6. The Hall–Kier alpha value is -3.20. The highest BCUT2D eigenvalue weighted by molar-refractivity contribution is 7.92. The van der Waals surface area contributed by atoms with Crippen LogP contribution in [0.2, 0.25) is 0 Å². The number of nitrogens with one attached hydrogen (secondary N) is 1. The molecule has 0 saturated carbocycles. The van der Waals surface area contributed by atoms with Crippen molar-refractivity contribution in [3.05, 3.63) is 69.4 Å². The molecule has 9 heteroatoms. The van der Waals surface area contributed by atoms with Gasteiger partial charge in [-0.2, -0.15) is 0 Å². The molecule has 3 aromatic rings. The maximum atomic E-state index is 13.0. The second-order valence-electron chi connectivity index (χ2n) is 6.14. The van der Waals surface area contributed by atoms with E-state index in [1.807, 2.05) is 0 Å². The quantitative estimate of drug-likeness (QED) is 0.523. The lowest BCUT2D eigenvalue weighted by Gasteiger charge is -2.13. The fraction of sp³-hybridized carbons (Fsp3) is 0.167. The van der Waals surface area contributed by atoms with Crippen molar-refractivity contribution in [1.82, 2.24) is 5.16 Å². The van der Waals surface area contributed by atoms with E-state index in [2.05, 4.69) is 9.88 Å². The molecule has 0 atom stereocenters. The number of para-hydroxylation sites is 1. The molecule has 0 spiro atoms. The molecule has 1 heterocycles. The lowest BCUT2D eigenvalue weighted by atomic mass is 10.1. The minimum absolute atomic E-state index is 0.00611. The van der Waals surface area contributed by atoms with Crippen molar-refractivity contribution in [2.75, 3.05) is 4.72 Å². The van der Waals surface area contributed by atoms with Crippen LogP contribution in [-0.4, -0.2) is 18.5 Å². The molecular weight excluding hydrogens is 370 g/mol. The van der Waals surface area contributed by atoms with Gasteiger partial charge in [0.1, 0.15) is 5.69 Å². The van der Waals surface area contributed by atoms with Crippen molar-refractivity contribution in [2.24, 2.45) is 0 Å². The van der Waals surface area contributed by atoms with Gasteiger partial charge in [-0.3, -0.25) is 14.8 Å². The average Bonchev–Trinajstić information content (AvgIpc) is 3.03. The molecule has 0 aliphatic heterocycles. The van der Waals surface area contributed by atoms with E-state index in [1.54, 1.807) is 45.0 Å². The monoisotopic (exact) mass is 387 g/mol. The molecule has 0 amide bonds. The van der Waals surface area contributed by atoms with Crippen molar-refractivity contribution in [1.29, 1.82) is 0 Å². The fourth-order valence-corrected chi connectivity index (χ4v) is 4.09. The van der Waals surface area contributed by atoms with Gasteiger partial charge in [-0.1, -0.05) is 29.4 Å². The first kappa shape index (κ1) is 18.6. The number of benzene rings is 2. The SMILES string of the molecule is Cc1cc(-c2ccc(C)c(S(=O)(=O)Nc3c(C)cccc3[N+](=O)[O-])c2)on1. The fourth-order valence-electron chi connectivity index (χ4n) is 2.67. The molecule has 1 N–H and O–H groups in total. The third kappa shape index (κ3) is 3.68. The van der Waals surface area contributed by atoms with Gasteiger partial charge in [0.15, 0.2) is 5.76 Å². The van der Waals surface area contributed by atoms with Crippen molar-refractivity contribution < 1.29 is 17.9 Å². The number of sulfonamides is 1. The molecule has 0 aliphatic carbocycles. The van der Waals surface area contributed by atoms with Crippen LogP contribution in [0.4, 0.5) is 11.4 Å². The van der Waals surface area contributed by atoms with Crippen LogP contribution >= 0.6 is 0 Å². The number of aryl methyl sites for hydroxylation is 3. The minimum atomic E-state index is -4.06. The maximum Gasteiger partial charge on any atom is 0.293 e. The van der Waals surface area contributed by atoms with E-state index < -0.39 is 14.9 Å². The van der Waals surface area contributed by atoms with Gasteiger partial charge < -0.3 is 4.52 Å². The Morgan fingerprint density at radius 2 is 1.81 bits per heavy atom. The molecule has 0 unspecified atom stereocenters. The van der Waals surface area contributed by atoms with Gasteiger partial charge in [-0.25, -0.2) is 8.42 Å². The van der Waals surface area contributed by atoms with E-state index in [4.69, 9.17) is 4.52 Å². The van der Waals surface area contributed by atoms with Crippen LogP contribution in [0.3, 0.4) is 0 Å². The largest absolute Gasteiger partial charge is 0.356 e. The van der Waals surface area contributed by atoms with Gasteiger partial charge in [0, 0.05) is 17.7 Å². The smallest absolute Gasteiger partial charge is 0.293 e. The molecule has 0 bridgehead atoms. The molecule has 0 radical (unpaired) electrons. The summed E-state index contributed by atoms with van der Waals surface area (Å²) in [6, 6.07) is 10.9. The normalized spacial score (nSPS) is 11.4.